The van der Waals surface area contributed by atoms with Gasteiger partial charge in [0.25, 0.3) is 0 Å². The lowest BCUT2D eigenvalue weighted by Gasteiger charge is -2.44. The van der Waals surface area contributed by atoms with Gasteiger partial charge in [-0.3, -0.25) is 0 Å². The highest BCUT2D eigenvalue weighted by Crippen LogP contribution is 2.38. The zero-order valence-corrected chi connectivity index (χ0v) is 11.6. The Hall–Kier alpha value is -1.49. The highest BCUT2D eigenvalue weighted by atomic mass is 15.1. The fourth-order valence-electron chi connectivity index (χ4n) is 2.67. The van der Waals surface area contributed by atoms with Crippen molar-refractivity contribution in [3.8, 4) is 6.07 Å². The Morgan fingerprint density at radius 3 is 2.61 bits per heavy atom. The van der Waals surface area contributed by atoms with Crippen LogP contribution in [0.25, 0.3) is 0 Å². The van der Waals surface area contributed by atoms with Crippen molar-refractivity contribution in [3.63, 3.8) is 0 Å². The molecule has 1 aromatic rings. The molecule has 1 unspecified atom stereocenters. The SMILES string of the molecule is Cc1ccc(N2CCC(C)(C)C(CC#N)C2)cc1. The van der Waals surface area contributed by atoms with Gasteiger partial charge >= 0.3 is 0 Å². The average Bonchev–Trinajstić information content (AvgIpc) is 2.33. The van der Waals surface area contributed by atoms with Crippen molar-refractivity contribution in [2.24, 2.45) is 11.3 Å². The Labute approximate surface area is 110 Å². The fraction of sp³-hybridized carbons (Fsp3) is 0.562. The van der Waals surface area contributed by atoms with Crippen LogP contribution in [0.3, 0.4) is 0 Å². The average molecular weight is 242 g/mol. The maximum absolute atomic E-state index is 8.98. The molecule has 1 aliphatic heterocycles. The van der Waals surface area contributed by atoms with E-state index >= 15 is 0 Å². The van der Waals surface area contributed by atoms with Crippen LogP contribution < -0.4 is 4.90 Å². The third kappa shape index (κ3) is 2.67. The summed E-state index contributed by atoms with van der Waals surface area (Å²) in [5, 5.41) is 8.98. The molecular formula is C16H22N2. The van der Waals surface area contributed by atoms with E-state index in [4.69, 9.17) is 5.26 Å². The highest BCUT2D eigenvalue weighted by molar-refractivity contribution is 5.48. The van der Waals surface area contributed by atoms with Gasteiger partial charge in [0.05, 0.1) is 6.07 Å². The monoisotopic (exact) mass is 242 g/mol. The van der Waals surface area contributed by atoms with E-state index in [1.807, 2.05) is 0 Å². The van der Waals surface area contributed by atoms with E-state index in [1.54, 1.807) is 0 Å². The van der Waals surface area contributed by atoms with Crippen LogP contribution in [-0.2, 0) is 0 Å². The van der Waals surface area contributed by atoms with Crippen LogP contribution in [0.4, 0.5) is 5.69 Å². The van der Waals surface area contributed by atoms with E-state index in [9.17, 15) is 0 Å². The molecule has 0 bridgehead atoms. The Morgan fingerprint density at radius 1 is 1.33 bits per heavy atom. The molecule has 1 atom stereocenters. The molecule has 96 valence electrons. The Bertz CT molecular complexity index is 439. The van der Waals surface area contributed by atoms with Gasteiger partial charge in [-0.15, -0.1) is 0 Å². The lowest BCUT2D eigenvalue weighted by molar-refractivity contribution is 0.174. The Kier molecular flexibility index (Phi) is 3.61. The molecule has 1 aliphatic rings. The van der Waals surface area contributed by atoms with Crippen LogP contribution >= 0.6 is 0 Å². The quantitative estimate of drug-likeness (QED) is 0.789. The van der Waals surface area contributed by atoms with Gasteiger partial charge < -0.3 is 4.90 Å². The molecule has 0 N–H and O–H groups in total. The summed E-state index contributed by atoms with van der Waals surface area (Å²) in [4.78, 5) is 2.42. The topological polar surface area (TPSA) is 27.0 Å². The lowest BCUT2D eigenvalue weighted by atomic mass is 9.72. The molecule has 0 aromatic heterocycles. The fourth-order valence-corrected chi connectivity index (χ4v) is 2.67. The number of anilines is 1. The van der Waals surface area contributed by atoms with Gasteiger partial charge in [0.15, 0.2) is 0 Å². The number of nitriles is 1. The first-order valence-electron chi connectivity index (χ1n) is 6.71. The van der Waals surface area contributed by atoms with Crippen LogP contribution in [0.15, 0.2) is 24.3 Å². The third-order valence-electron chi connectivity index (χ3n) is 4.31. The number of rotatable bonds is 2. The summed E-state index contributed by atoms with van der Waals surface area (Å²) in [5.74, 6) is 0.470. The summed E-state index contributed by atoms with van der Waals surface area (Å²) in [6, 6.07) is 11.1. The second-order valence-corrected chi connectivity index (χ2v) is 6.08. The molecule has 1 fully saturated rings. The van der Waals surface area contributed by atoms with Gasteiger partial charge in [-0.05, 0) is 36.8 Å². The van der Waals surface area contributed by atoms with Crippen LogP contribution in [0.2, 0.25) is 0 Å². The normalized spacial score (nSPS) is 22.6. The maximum Gasteiger partial charge on any atom is 0.0625 e. The molecule has 2 heteroatoms. The van der Waals surface area contributed by atoms with Gasteiger partial charge in [0.2, 0.25) is 0 Å². The molecule has 0 amide bonds. The molecule has 18 heavy (non-hydrogen) atoms. The molecule has 0 spiro atoms. The van der Waals surface area contributed by atoms with E-state index in [1.165, 1.54) is 11.3 Å². The second-order valence-electron chi connectivity index (χ2n) is 6.08. The predicted molar refractivity (Wildman–Crippen MR) is 75.5 cm³/mol. The molecule has 1 saturated heterocycles. The summed E-state index contributed by atoms with van der Waals surface area (Å²) in [7, 11) is 0. The molecule has 1 heterocycles. The number of hydrogen-bond acceptors (Lipinski definition) is 2. The second kappa shape index (κ2) is 5.02. The van der Waals surface area contributed by atoms with Crippen molar-refractivity contribution in [2.45, 2.75) is 33.6 Å². The molecule has 0 saturated carbocycles. The molecular weight excluding hydrogens is 220 g/mol. The number of piperidine rings is 1. The zero-order valence-electron chi connectivity index (χ0n) is 11.6. The van der Waals surface area contributed by atoms with Crippen molar-refractivity contribution in [3.05, 3.63) is 29.8 Å². The Balaban J connectivity index is 2.13. The highest BCUT2D eigenvalue weighted by Gasteiger charge is 2.35. The lowest BCUT2D eigenvalue weighted by Crippen LogP contribution is -2.44. The van der Waals surface area contributed by atoms with Crippen molar-refractivity contribution < 1.29 is 0 Å². The Morgan fingerprint density at radius 2 is 2.00 bits per heavy atom. The molecule has 2 nitrogen and oxygen atoms in total. The first-order chi connectivity index (χ1) is 8.53. The van der Waals surface area contributed by atoms with Crippen molar-refractivity contribution >= 4 is 5.69 Å². The molecule has 2 rings (SSSR count). The van der Waals surface area contributed by atoms with Crippen LogP contribution in [0.5, 0.6) is 0 Å². The van der Waals surface area contributed by atoms with Crippen molar-refractivity contribution in [2.75, 3.05) is 18.0 Å². The minimum absolute atomic E-state index is 0.289. The number of benzene rings is 1. The van der Waals surface area contributed by atoms with E-state index in [0.717, 1.165) is 19.5 Å². The van der Waals surface area contributed by atoms with Gasteiger partial charge in [0.1, 0.15) is 0 Å². The van der Waals surface area contributed by atoms with E-state index in [-0.39, 0.29) is 5.41 Å². The van der Waals surface area contributed by atoms with Crippen LogP contribution in [-0.4, -0.2) is 13.1 Å². The van der Waals surface area contributed by atoms with E-state index in [2.05, 4.69) is 56.0 Å². The van der Waals surface area contributed by atoms with Gasteiger partial charge in [0, 0.05) is 25.2 Å². The zero-order chi connectivity index (χ0) is 13.2. The minimum atomic E-state index is 0.289. The summed E-state index contributed by atoms with van der Waals surface area (Å²) >= 11 is 0. The molecule has 1 aromatic carbocycles. The predicted octanol–water partition coefficient (Wildman–Crippen LogP) is 3.76. The van der Waals surface area contributed by atoms with E-state index in [0.29, 0.717) is 12.3 Å². The number of hydrogen-bond donors (Lipinski definition) is 0. The first-order valence-corrected chi connectivity index (χ1v) is 6.71. The van der Waals surface area contributed by atoms with E-state index < -0.39 is 0 Å². The summed E-state index contributed by atoms with van der Waals surface area (Å²) in [5.41, 5.74) is 2.88. The maximum atomic E-state index is 8.98. The van der Waals surface area contributed by atoms with Gasteiger partial charge in [-0.1, -0.05) is 31.5 Å². The van der Waals surface area contributed by atoms with Gasteiger partial charge in [-0.2, -0.15) is 5.26 Å². The van der Waals surface area contributed by atoms with Crippen LogP contribution in [0, 0.1) is 29.6 Å². The summed E-state index contributed by atoms with van der Waals surface area (Å²) in [6.45, 7) is 8.80. The molecule has 0 radical (unpaired) electrons. The largest absolute Gasteiger partial charge is 0.371 e. The minimum Gasteiger partial charge on any atom is -0.371 e. The third-order valence-corrected chi connectivity index (χ3v) is 4.31. The van der Waals surface area contributed by atoms with Crippen molar-refractivity contribution in [1.82, 2.24) is 0 Å². The van der Waals surface area contributed by atoms with Crippen molar-refractivity contribution in [1.29, 1.82) is 5.26 Å². The summed E-state index contributed by atoms with van der Waals surface area (Å²) < 4.78 is 0. The van der Waals surface area contributed by atoms with Gasteiger partial charge in [-0.25, -0.2) is 0 Å². The summed E-state index contributed by atoms with van der Waals surface area (Å²) in [6.07, 6.45) is 1.82. The standard InChI is InChI=1S/C16H22N2/c1-13-4-6-15(7-5-13)18-11-9-16(2,3)14(12-18)8-10-17/h4-7,14H,8-9,11-12H2,1-3H3. The smallest absolute Gasteiger partial charge is 0.0625 e. The number of nitrogens with zero attached hydrogens (tertiary/aromatic N) is 2. The molecule has 0 aliphatic carbocycles. The first kappa shape index (κ1) is 13.0. The number of aryl methyl sites for hydroxylation is 1. The van der Waals surface area contributed by atoms with Crippen LogP contribution in [0.1, 0.15) is 32.3 Å².